The van der Waals surface area contributed by atoms with Gasteiger partial charge in [-0.2, -0.15) is 5.10 Å². The Bertz CT molecular complexity index is 1700. The first-order chi connectivity index (χ1) is 20.1. The number of amides is 2. The summed E-state index contributed by atoms with van der Waals surface area (Å²) >= 11 is 7.74. The summed E-state index contributed by atoms with van der Waals surface area (Å²) in [5.41, 5.74) is 1.89. The lowest BCUT2D eigenvalue weighted by molar-refractivity contribution is -0.135. The molecular formula is C29H30ClFN6O4S. The van der Waals surface area contributed by atoms with Crippen LogP contribution in [-0.2, 0) is 21.6 Å². The molecule has 4 aromatic rings. The Balaban J connectivity index is 1.29. The molecule has 0 spiro atoms. The van der Waals surface area contributed by atoms with Crippen LogP contribution in [0.1, 0.15) is 70.7 Å². The van der Waals surface area contributed by atoms with Crippen molar-refractivity contribution in [2.45, 2.75) is 57.7 Å². The Labute approximate surface area is 250 Å². The number of methoxy groups -OCH3 is 1. The van der Waals surface area contributed by atoms with Gasteiger partial charge in [0.15, 0.2) is 17.5 Å². The first-order valence-electron chi connectivity index (χ1n) is 13.7. The number of aromatic nitrogens is 4. The van der Waals surface area contributed by atoms with E-state index in [1.54, 1.807) is 22.6 Å². The van der Waals surface area contributed by atoms with Gasteiger partial charge in [0, 0.05) is 31.7 Å². The number of nitrogens with zero attached hydrogens (tertiary/aromatic N) is 5. The molecule has 10 nitrogen and oxygen atoms in total. The highest BCUT2D eigenvalue weighted by molar-refractivity contribution is 7.16. The third-order valence-corrected chi connectivity index (χ3v) is 8.80. The van der Waals surface area contributed by atoms with Gasteiger partial charge in [-0.25, -0.2) is 18.9 Å². The number of fused-ring (bicyclic) bond motifs is 3. The van der Waals surface area contributed by atoms with Crippen molar-refractivity contribution in [2.24, 2.45) is 0 Å². The van der Waals surface area contributed by atoms with Crippen molar-refractivity contribution in [3.63, 3.8) is 0 Å². The fraction of sp³-hybridized carbons (Fsp3) is 0.414. The van der Waals surface area contributed by atoms with E-state index in [9.17, 15) is 9.59 Å². The van der Waals surface area contributed by atoms with Crippen molar-refractivity contribution < 1.29 is 23.5 Å². The third-order valence-electron chi connectivity index (χ3n) is 7.71. The Morgan fingerprint density at radius 2 is 2.00 bits per heavy atom. The molecule has 0 saturated heterocycles. The van der Waals surface area contributed by atoms with Crippen LogP contribution < -0.4 is 10.1 Å². The van der Waals surface area contributed by atoms with Gasteiger partial charge in [0.2, 0.25) is 4.96 Å². The highest BCUT2D eigenvalue weighted by atomic mass is 35.5. The van der Waals surface area contributed by atoms with E-state index in [-0.39, 0.29) is 41.1 Å². The summed E-state index contributed by atoms with van der Waals surface area (Å²) in [5.74, 6) is -0.981. The van der Waals surface area contributed by atoms with E-state index in [0.29, 0.717) is 34.7 Å². The molecule has 6 rings (SSSR count). The number of nitrogens with one attached hydrogen (secondary N) is 1. The highest BCUT2D eigenvalue weighted by Crippen LogP contribution is 2.39. The summed E-state index contributed by atoms with van der Waals surface area (Å²) in [6.07, 6.45) is 2.39. The Morgan fingerprint density at radius 3 is 2.69 bits per heavy atom. The largest absolute Gasteiger partial charge is 0.481 e. The van der Waals surface area contributed by atoms with Crippen molar-refractivity contribution in [3.8, 4) is 5.75 Å². The Morgan fingerprint density at radius 1 is 1.21 bits per heavy atom. The minimum absolute atomic E-state index is 0.0263. The fourth-order valence-electron chi connectivity index (χ4n) is 5.05. The van der Waals surface area contributed by atoms with Crippen LogP contribution in [-0.4, -0.2) is 62.6 Å². The molecule has 3 aromatic heterocycles. The van der Waals surface area contributed by atoms with Gasteiger partial charge in [-0.05, 0) is 57.4 Å². The predicted molar refractivity (Wildman–Crippen MR) is 155 cm³/mol. The molecule has 4 heterocycles. The second kappa shape index (κ2) is 10.9. The van der Waals surface area contributed by atoms with Crippen LogP contribution in [0.15, 0.2) is 30.3 Å². The summed E-state index contributed by atoms with van der Waals surface area (Å²) < 4.78 is 28.9. The van der Waals surface area contributed by atoms with E-state index in [1.165, 1.54) is 29.5 Å². The molecule has 0 bridgehead atoms. The SMILES string of the molecule is COC(C)(C)c1ccc(C2c3c(nc4sc(C)nn34)CCN2C(=O)COc2ccc(C(=O)NC3CC3)nc2Cl)c(F)c1. The van der Waals surface area contributed by atoms with Crippen molar-refractivity contribution in [2.75, 3.05) is 20.3 Å². The topological polar surface area (TPSA) is 111 Å². The number of aryl methyl sites for hydroxylation is 1. The molecule has 220 valence electrons. The standard InChI is InChI=1S/C29H30ClFN6O4S/c1-15-35-37-25-20(34-28(37)42-15)11-12-36(24(25)18-8-5-16(13-19(18)31)29(2,3)40-4)23(38)14-41-22-10-9-21(33-26(22)30)27(39)32-17-6-7-17/h5,8-10,13,17,24H,6-7,11-12,14H2,1-4H3,(H,32,39). The van der Waals surface area contributed by atoms with Gasteiger partial charge < -0.3 is 19.7 Å². The van der Waals surface area contributed by atoms with Gasteiger partial charge in [-0.1, -0.05) is 35.1 Å². The average molecular weight is 613 g/mol. The number of carbonyl (C=O) groups excluding carboxylic acids is 2. The minimum Gasteiger partial charge on any atom is -0.481 e. The molecule has 2 amide bonds. The Hall–Kier alpha value is -3.61. The summed E-state index contributed by atoms with van der Waals surface area (Å²) in [4.78, 5) is 37.2. The number of hydrogen-bond donors (Lipinski definition) is 1. The second-order valence-corrected chi connectivity index (χ2v) is 12.5. The number of halogens is 2. The number of benzene rings is 1. The quantitative estimate of drug-likeness (QED) is 0.289. The lowest BCUT2D eigenvalue weighted by Crippen LogP contribution is -2.43. The van der Waals surface area contributed by atoms with E-state index < -0.39 is 17.5 Å². The molecule has 1 unspecified atom stereocenters. The van der Waals surface area contributed by atoms with E-state index in [0.717, 1.165) is 23.5 Å². The molecule has 1 aromatic carbocycles. The number of rotatable bonds is 8. The van der Waals surface area contributed by atoms with Gasteiger partial charge in [0.05, 0.1) is 17.0 Å². The van der Waals surface area contributed by atoms with Gasteiger partial charge in [-0.3, -0.25) is 9.59 Å². The van der Waals surface area contributed by atoms with Crippen molar-refractivity contribution >= 4 is 39.7 Å². The summed E-state index contributed by atoms with van der Waals surface area (Å²) in [5, 5.41) is 8.25. The van der Waals surface area contributed by atoms with E-state index in [2.05, 4.69) is 15.4 Å². The molecule has 13 heteroatoms. The molecule has 2 aliphatic rings. The molecule has 1 aliphatic heterocycles. The fourth-order valence-corrected chi connectivity index (χ4v) is 6.03. The van der Waals surface area contributed by atoms with Crippen molar-refractivity contribution in [1.82, 2.24) is 29.8 Å². The second-order valence-electron chi connectivity index (χ2n) is 11.0. The van der Waals surface area contributed by atoms with E-state index in [1.807, 2.05) is 26.8 Å². The van der Waals surface area contributed by atoms with Crippen LogP contribution in [0.2, 0.25) is 5.15 Å². The van der Waals surface area contributed by atoms with E-state index in [4.69, 9.17) is 26.1 Å². The Kier molecular flexibility index (Phi) is 7.40. The molecule has 42 heavy (non-hydrogen) atoms. The number of ether oxygens (including phenoxy) is 2. The first kappa shape index (κ1) is 28.5. The summed E-state index contributed by atoms with van der Waals surface area (Å²) in [6.45, 7) is 5.53. The van der Waals surface area contributed by atoms with Crippen molar-refractivity contribution in [3.05, 3.63) is 74.5 Å². The van der Waals surface area contributed by atoms with Crippen LogP contribution in [0.25, 0.3) is 4.96 Å². The van der Waals surface area contributed by atoms with Gasteiger partial charge in [-0.15, -0.1) is 0 Å². The first-order valence-corrected chi connectivity index (χ1v) is 14.8. The zero-order valence-electron chi connectivity index (χ0n) is 23.6. The molecule has 1 atom stereocenters. The monoisotopic (exact) mass is 612 g/mol. The van der Waals surface area contributed by atoms with Crippen LogP contribution in [0.5, 0.6) is 5.75 Å². The lowest BCUT2D eigenvalue weighted by Gasteiger charge is -2.36. The number of hydrogen-bond acceptors (Lipinski definition) is 8. The molecule has 0 radical (unpaired) electrons. The number of carbonyl (C=O) groups is 2. The smallest absolute Gasteiger partial charge is 0.270 e. The lowest BCUT2D eigenvalue weighted by atomic mass is 9.91. The maximum atomic E-state index is 15.9. The zero-order chi connectivity index (χ0) is 29.8. The molecule has 1 fully saturated rings. The number of pyridine rings is 1. The zero-order valence-corrected chi connectivity index (χ0v) is 25.2. The minimum atomic E-state index is -0.789. The maximum Gasteiger partial charge on any atom is 0.270 e. The summed E-state index contributed by atoms with van der Waals surface area (Å²) in [7, 11) is 1.57. The predicted octanol–water partition coefficient (Wildman–Crippen LogP) is 4.61. The maximum absolute atomic E-state index is 15.9. The molecular weight excluding hydrogens is 583 g/mol. The molecule has 1 N–H and O–H groups in total. The molecule has 1 saturated carbocycles. The number of imidazole rings is 1. The summed E-state index contributed by atoms with van der Waals surface area (Å²) in [6, 6.07) is 7.37. The van der Waals surface area contributed by atoms with Gasteiger partial charge in [0.25, 0.3) is 11.8 Å². The van der Waals surface area contributed by atoms with Gasteiger partial charge in [0.1, 0.15) is 22.6 Å². The van der Waals surface area contributed by atoms with Crippen LogP contribution in [0.4, 0.5) is 4.39 Å². The average Bonchev–Trinajstić information content (AvgIpc) is 3.61. The van der Waals surface area contributed by atoms with Crippen molar-refractivity contribution in [1.29, 1.82) is 0 Å². The van der Waals surface area contributed by atoms with Crippen LogP contribution >= 0.6 is 22.9 Å². The van der Waals surface area contributed by atoms with E-state index >= 15 is 4.39 Å². The normalized spacial score (nSPS) is 16.9. The highest BCUT2D eigenvalue weighted by Gasteiger charge is 2.38. The molecule has 1 aliphatic carbocycles. The van der Waals surface area contributed by atoms with Crippen LogP contribution in [0.3, 0.4) is 0 Å². The van der Waals surface area contributed by atoms with Crippen LogP contribution in [0, 0.1) is 12.7 Å². The van der Waals surface area contributed by atoms with Gasteiger partial charge >= 0.3 is 0 Å². The third kappa shape index (κ3) is 5.34.